The Balaban J connectivity index is 2.11. The zero-order valence-corrected chi connectivity index (χ0v) is 18.1. The van der Waals surface area contributed by atoms with Crippen LogP contribution >= 0.6 is 0 Å². The topological polar surface area (TPSA) is 106 Å². The van der Waals surface area contributed by atoms with Gasteiger partial charge in [-0.2, -0.15) is 4.31 Å². The third-order valence-electron chi connectivity index (χ3n) is 5.48. The molecule has 2 saturated heterocycles. The number of sulfonamides is 1. The van der Waals surface area contributed by atoms with Crippen molar-refractivity contribution >= 4 is 29.7 Å². The Labute approximate surface area is 161 Å². The maximum atomic E-state index is 13.5. The van der Waals surface area contributed by atoms with E-state index < -0.39 is 41.8 Å². The summed E-state index contributed by atoms with van der Waals surface area (Å²) >= 11 is 0. The fourth-order valence-corrected chi connectivity index (χ4v) is 9.74. The zero-order chi connectivity index (χ0) is 20.2. The third kappa shape index (κ3) is 4.08. The predicted octanol–water partition coefficient (Wildman–Crippen LogP) is 0.977. The lowest BCUT2D eigenvalue weighted by Gasteiger charge is -2.32. The molecule has 0 bridgehead atoms. The summed E-state index contributed by atoms with van der Waals surface area (Å²) in [6.45, 7) is 5.41. The highest BCUT2D eigenvalue weighted by molar-refractivity contribution is 7.92. The molecule has 27 heavy (non-hydrogen) atoms. The number of rotatable bonds is 4. The standard InChI is InChI=1S/C17H25NO6S3/c1-12-8-14(3)17(9-13(12)2)27(23,24)18(15-4-6-25(19,20)10-15)16-5-7-26(21,22)11-16/h8-9,15-16H,4-7,10-11H2,1-3H3/t15-,16-/m1/s1. The fraction of sp³-hybridized carbons (Fsp3) is 0.647. The van der Waals surface area contributed by atoms with Gasteiger partial charge >= 0.3 is 0 Å². The highest BCUT2D eigenvalue weighted by Crippen LogP contribution is 2.33. The Morgan fingerprint density at radius 3 is 1.67 bits per heavy atom. The highest BCUT2D eigenvalue weighted by Gasteiger charge is 2.46. The second kappa shape index (κ2) is 6.82. The van der Waals surface area contributed by atoms with Crippen LogP contribution in [0.4, 0.5) is 0 Å². The van der Waals surface area contributed by atoms with Gasteiger partial charge in [-0.25, -0.2) is 25.3 Å². The normalized spacial score (nSPS) is 27.3. The molecule has 152 valence electrons. The first-order valence-corrected chi connectivity index (χ1v) is 13.9. The average molecular weight is 436 g/mol. The molecule has 3 rings (SSSR count). The first-order valence-electron chi connectivity index (χ1n) is 8.85. The van der Waals surface area contributed by atoms with E-state index >= 15 is 0 Å². The first-order chi connectivity index (χ1) is 12.3. The maximum Gasteiger partial charge on any atom is 0.243 e. The number of hydrogen-bond acceptors (Lipinski definition) is 6. The lowest BCUT2D eigenvalue weighted by atomic mass is 10.1. The Bertz CT molecular complexity index is 1030. The predicted molar refractivity (Wildman–Crippen MR) is 104 cm³/mol. The number of benzene rings is 1. The largest absolute Gasteiger partial charge is 0.243 e. The minimum Gasteiger partial charge on any atom is -0.229 e. The van der Waals surface area contributed by atoms with Crippen molar-refractivity contribution in [3.8, 4) is 0 Å². The molecule has 2 aliphatic rings. The minimum absolute atomic E-state index is 0.0743. The monoisotopic (exact) mass is 435 g/mol. The van der Waals surface area contributed by atoms with Gasteiger partial charge < -0.3 is 0 Å². The Kier molecular flexibility index (Phi) is 5.24. The van der Waals surface area contributed by atoms with Crippen LogP contribution in [-0.2, 0) is 29.7 Å². The molecule has 2 heterocycles. The van der Waals surface area contributed by atoms with Crippen molar-refractivity contribution in [2.45, 2.75) is 50.6 Å². The van der Waals surface area contributed by atoms with Crippen molar-refractivity contribution < 1.29 is 25.3 Å². The summed E-state index contributed by atoms with van der Waals surface area (Å²) in [5.74, 6) is -0.663. The second-order valence-corrected chi connectivity index (χ2v) is 13.9. The summed E-state index contributed by atoms with van der Waals surface area (Å²) in [5, 5.41) is 0. The molecular formula is C17H25NO6S3. The SMILES string of the molecule is Cc1cc(C)c(S(=O)(=O)N([C@@H]2CCS(=O)(=O)C2)[C@@H]2CCS(=O)(=O)C2)cc1C. The van der Waals surface area contributed by atoms with Crippen molar-refractivity contribution in [2.75, 3.05) is 23.0 Å². The fourth-order valence-electron chi connectivity index (χ4n) is 3.97. The summed E-state index contributed by atoms with van der Waals surface area (Å²) < 4.78 is 76.2. The molecule has 0 amide bonds. The van der Waals surface area contributed by atoms with E-state index in [0.29, 0.717) is 5.56 Å². The Morgan fingerprint density at radius 1 is 0.815 bits per heavy atom. The summed E-state index contributed by atoms with van der Waals surface area (Å²) in [4.78, 5) is 0.124. The molecule has 2 aliphatic heterocycles. The van der Waals surface area contributed by atoms with Gasteiger partial charge in [0, 0.05) is 12.1 Å². The molecule has 0 N–H and O–H groups in total. The van der Waals surface area contributed by atoms with Gasteiger partial charge in [0.15, 0.2) is 19.7 Å². The molecule has 0 radical (unpaired) electrons. The van der Waals surface area contributed by atoms with Crippen molar-refractivity contribution in [3.05, 3.63) is 28.8 Å². The van der Waals surface area contributed by atoms with Gasteiger partial charge in [0.2, 0.25) is 10.0 Å². The van der Waals surface area contributed by atoms with Gasteiger partial charge in [0.1, 0.15) is 0 Å². The van der Waals surface area contributed by atoms with Gasteiger partial charge in [-0.05, 0) is 56.4 Å². The van der Waals surface area contributed by atoms with Gasteiger partial charge in [0.25, 0.3) is 0 Å². The van der Waals surface area contributed by atoms with Crippen molar-refractivity contribution in [1.29, 1.82) is 0 Å². The van der Waals surface area contributed by atoms with Gasteiger partial charge in [-0.15, -0.1) is 0 Å². The molecule has 1 aromatic carbocycles. The molecular weight excluding hydrogens is 410 g/mol. The van der Waals surface area contributed by atoms with Crippen LogP contribution in [0.15, 0.2) is 17.0 Å². The lowest BCUT2D eigenvalue weighted by molar-refractivity contribution is 0.280. The average Bonchev–Trinajstić information content (AvgIpc) is 3.04. The quantitative estimate of drug-likeness (QED) is 0.698. The van der Waals surface area contributed by atoms with Crippen LogP contribution in [0.3, 0.4) is 0 Å². The summed E-state index contributed by atoms with van der Waals surface area (Å²) in [7, 11) is -10.7. The molecule has 0 unspecified atom stereocenters. The van der Waals surface area contributed by atoms with Crippen molar-refractivity contribution in [3.63, 3.8) is 0 Å². The summed E-state index contributed by atoms with van der Waals surface area (Å²) in [5.41, 5.74) is 2.35. The van der Waals surface area contributed by atoms with Crippen molar-refractivity contribution in [1.82, 2.24) is 4.31 Å². The molecule has 0 aromatic heterocycles. The maximum absolute atomic E-state index is 13.5. The van der Waals surface area contributed by atoms with E-state index in [4.69, 9.17) is 0 Å². The van der Waals surface area contributed by atoms with E-state index in [1.54, 1.807) is 19.1 Å². The van der Waals surface area contributed by atoms with E-state index in [-0.39, 0.29) is 40.7 Å². The number of hydrogen-bond donors (Lipinski definition) is 0. The lowest BCUT2D eigenvalue weighted by Crippen LogP contribution is -2.48. The molecule has 1 aromatic rings. The van der Waals surface area contributed by atoms with Crippen LogP contribution in [0.2, 0.25) is 0 Å². The molecule has 2 atom stereocenters. The first kappa shape index (κ1) is 20.8. The van der Waals surface area contributed by atoms with Crippen LogP contribution in [-0.4, -0.2) is 64.7 Å². The van der Waals surface area contributed by atoms with Crippen LogP contribution in [0.1, 0.15) is 29.5 Å². The van der Waals surface area contributed by atoms with Crippen LogP contribution < -0.4 is 0 Å². The number of aryl methyl sites for hydroxylation is 3. The Morgan fingerprint density at radius 2 is 1.26 bits per heavy atom. The zero-order valence-electron chi connectivity index (χ0n) is 15.7. The number of sulfone groups is 2. The van der Waals surface area contributed by atoms with E-state index in [1.165, 1.54) is 4.31 Å². The summed E-state index contributed by atoms with van der Waals surface area (Å²) in [6.07, 6.45) is 0.393. The Hall–Kier alpha value is -0.970. The third-order valence-corrected chi connectivity index (χ3v) is 11.1. The van der Waals surface area contributed by atoms with Crippen LogP contribution in [0.5, 0.6) is 0 Å². The van der Waals surface area contributed by atoms with Gasteiger partial charge in [-0.1, -0.05) is 6.07 Å². The number of nitrogens with zero attached hydrogens (tertiary/aromatic N) is 1. The molecule has 0 saturated carbocycles. The molecule has 0 aliphatic carbocycles. The van der Waals surface area contributed by atoms with Gasteiger partial charge in [-0.3, -0.25) is 0 Å². The summed E-state index contributed by atoms with van der Waals surface area (Å²) in [6, 6.07) is 1.94. The smallest absolute Gasteiger partial charge is 0.229 e. The van der Waals surface area contributed by atoms with Crippen LogP contribution in [0, 0.1) is 20.8 Å². The molecule has 0 spiro atoms. The minimum atomic E-state index is -4.03. The van der Waals surface area contributed by atoms with E-state index in [2.05, 4.69) is 0 Å². The van der Waals surface area contributed by atoms with Gasteiger partial charge in [0.05, 0.1) is 27.9 Å². The van der Waals surface area contributed by atoms with E-state index in [0.717, 1.165) is 11.1 Å². The van der Waals surface area contributed by atoms with E-state index in [9.17, 15) is 25.3 Å². The molecule has 2 fully saturated rings. The second-order valence-electron chi connectivity index (χ2n) is 7.65. The molecule has 7 nitrogen and oxygen atoms in total. The van der Waals surface area contributed by atoms with Crippen molar-refractivity contribution in [2.24, 2.45) is 0 Å². The molecule has 10 heteroatoms. The van der Waals surface area contributed by atoms with E-state index in [1.807, 2.05) is 13.8 Å². The van der Waals surface area contributed by atoms with Crippen LogP contribution in [0.25, 0.3) is 0 Å². The highest BCUT2D eigenvalue weighted by atomic mass is 32.2.